The average molecular weight is 626 g/mol. The van der Waals surface area contributed by atoms with Crippen LogP contribution >= 0.6 is 0 Å². The molecule has 0 unspecified atom stereocenters. The number of likely N-dealkylation sites (tertiary alicyclic amines) is 1. The molecule has 1 aliphatic heterocycles. The summed E-state index contributed by atoms with van der Waals surface area (Å²) in [6, 6.07) is 5.27. The van der Waals surface area contributed by atoms with Gasteiger partial charge in [0.25, 0.3) is 0 Å². The molecule has 0 radical (unpaired) electrons. The Hall–Kier alpha value is -3.41. The third kappa shape index (κ3) is 11.1. The largest absolute Gasteiger partial charge is 0.373 e. The molecule has 2 atom stereocenters. The smallest absolute Gasteiger partial charge is 0.246 e. The summed E-state index contributed by atoms with van der Waals surface area (Å²) < 4.78 is 46.4. The topological polar surface area (TPSA) is 185 Å². The molecular formula is C28H43N5O7S2. The van der Waals surface area contributed by atoms with E-state index in [2.05, 4.69) is 36.6 Å². The van der Waals surface area contributed by atoms with Gasteiger partial charge in [0, 0.05) is 18.3 Å². The van der Waals surface area contributed by atoms with E-state index in [4.69, 9.17) is 5.14 Å². The van der Waals surface area contributed by atoms with Crippen molar-refractivity contribution in [3.63, 3.8) is 0 Å². The first-order chi connectivity index (χ1) is 19.6. The molecule has 1 aromatic rings. The number of terminal acetylenes is 1. The summed E-state index contributed by atoms with van der Waals surface area (Å²) in [6.45, 7) is 12.3. The number of carbonyl (C=O) groups excluding carboxylic acids is 3. The van der Waals surface area contributed by atoms with Crippen LogP contribution in [-0.4, -0.2) is 69.9 Å². The second-order valence-electron chi connectivity index (χ2n) is 11.0. The van der Waals surface area contributed by atoms with Crippen molar-refractivity contribution >= 4 is 44.0 Å². The highest BCUT2D eigenvalue weighted by atomic mass is 32.2. The van der Waals surface area contributed by atoms with Crippen LogP contribution in [0, 0.1) is 18.3 Å². The van der Waals surface area contributed by atoms with Crippen molar-refractivity contribution in [1.82, 2.24) is 14.9 Å². The molecule has 12 nitrogen and oxygen atoms in total. The van der Waals surface area contributed by atoms with Crippen LogP contribution in [0.1, 0.15) is 59.3 Å². The van der Waals surface area contributed by atoms with Gasteiger partial charge in [-0.05, 0) is 62.1 Å². The third-order valence-corrected chi connectivity index (χ3v) is 9.21. The second kappa shape index (κ2) is 15.7. The number of benzene rings is 1. The summed E-state index contributed by atoms with van der Waals surface area (Å²) in [4.78, 5) is 37.3. The van der Waals surface area contributed by atoms with E-state index in [0.29, 0.717) is 31.5 Å². The van der Waals surface area contributed by atoms with Gasteiger partial charge in [-0.2, -0.15) is 0 Å². The number of nitrogens with one attached hydrogen (secondary N) is 3. The Morgan fingerprint density at radius 1 is 1.07 bits per heavy atom. The first-order valence-corrected chi connectivity index (χ1v) is 16.5. The highest BCUT2D eigenvalue weighted by molar-refractivity contribution is 7.90. The van der Waals surface area contributed by atoms with Crippen LogP contribution in [0.15, 0.2) is 42.3 Å². The molecule has 3 fully saturated rings. The predicted molar refractivity (Wildman–Crippen MR) is 163 cm³/mol. The number of primary sulfonamides is 1. The van der Waals surface area contributed by atoms with E-state index in [0.717, 1.165) is 19.3 Å². The Bertz CT molecular complexity index is 1320. The molecule has 1 aromatic carbocycles. The van der Waals surface area contributed by atoms with Crippen molar-refractivity contribution in [1.29, 1.82) is 0 Å². The van der Waals surface area contributed by atoms with Gasteiger partial charge in [-0.1, -0.05) is 26.8 Å². The van der Waals surface area contributed by atoms with Crippen molar-refractivity contribution in [2.45, 2.75) is 87.6 Å². The Kier molecular flexibility index (Phi) is 13.7. The molecule has 42 heavy (non-hydrogen) atoms. The van der Waals surface area contributed by atoms with Gasteiger partial charge >= 0.3 is 0 Å². The Morgan fingerprint density at radius 3 is 2.14 bits per heavy atom. The van der Waals surface area contributed by atoms with Gasteiger partial charge in [0.15, 0.2) is 0 Å². The van der Waals surface area contributed by atoms with Crippen LogP contribution in [0.25, 0.3) is 0 Å². The zero-order valence-electron chi connectivity index (χ0n) is 24.4. The van der Waals surface area contributed by atoms with Crippen LogP contribution in [0.4, 0.5) is 5.69 Å². The van der Waals surface area contributed by atoms with E-state index in [1.54, 1.807) is 21.8 Å². The second-order valence-corrected chi connectivity index (χ2v) is 14.5. The fourth-order valence-corrected chi connectivity index (χ4v) is 5.76. The molecule has 3 amide bonds. The van der Waals surface area contributed by atoms with E-state index >= 15 is 0 Å². The molecule has 1 heterocycles. The molecule has 2 saturated carbocycles. The minimum absolute atomic E-state index is 0.0227. The highest BCUT2D eigenvalue weighted by Gasteiger charge is 2.42. The summed E-state index contributed by atoms with van der Waals surface area (Å²) in [7, 11) is -7.10. The van der Waals surface area contributed by atoms with Crippen LogP contribution in [0.3, 0.4) is 0 Å². The molecule has 234 valence electrons. The lowest BCUT2D eigenvalue weighted by atomic mass is 9.85. The Labute approximate surface area is 250 Å². The number of hydrogen-bond donors (Lipinski definition) is 4. The minimum atomic E-state index is -3.85. The van der Waals surface area contributed by atoms with Crippen LogP contribution in [0.2, 0.25) is 0 Å². The van der Waals surface area contributed by atoms with E-state index in [9.17, 15) is 31.2 Å². The van der Waals surface area contributed by atoms with Crippen molar-refractivity contribution in [3.05, 3.63) is 37.4 Å². The van der Waals surface area contributed by atoms with Gasteiger partial charge in [-0.25, -0.2) is 22.0 Å². The minimum Gasteiger partial charge on any atom is -0.373 e. The standard InChI is InChI=1S/C20H30N4O4S.C4H7NO3S.C2H4.C2H2/c1-20(2,3)17(22-14-6-4-7-15(12-14)29(21,27)28)19(26)24-11-5-8-16(24)18(25)23-13-9-10-13;6-3-5-9(7,8)4-1-2-4;2*1-2/h4,6-7,12-13,16-17,22H,5,8-11H2,1-3H3,(H,23,25)(H2,21,27,28);3-4H,1-2H2,(H,5,6);1-2H2;1-2H/t16-,17-;;;/m0.../s1. The molecule has 4 rings (SSSR count). The van der Waals surface area contributed by atoms with Gasteiger partial charge in [-0.3, -0.25) is 19.1 Å². The first kappa shape index (κ1) is 36.6. The lowest BCUT2D eigenvalue weighted by molar-refractivity contribution is -0.140. The molecule has 1 saturated heterocycles. The maximum atomic E-state index is 13.4. The monoisotopic (exact) mass is 625 g/mol. The number of amides is 3. The maximum Gasteiger partial charge on any atom is 0.246 e. The molecule has 14 heteroatoms. The zero-order chi connectivity index (χ0) is 32.3. The SMILES string of the molecule is C#C.C=C.CC(C)(C)[C@@H](Nc1cccc(S(N)(=O)=O)c1)C(=O)N1CCC[C@H]1C(=O)NC1CC1.O=CNS(=O)(=O)C1CC1. The third-order valence-electron chi connectivity index (χ3n) is 6.52. The fourth-order valence-electron chi connectivity index (χ4n) is 4.11. The van der Waals surface area contributed by atoms with Gasteiger partial charge in [0.05, 0.1) is 10.1 Å². The van der Waals surface area contributed by atoms with Crippen LogP contribution in [0.5, 0.6) is 0 Å². The van der Waals surface area contributed by atoms with E-state index in [1.165, 1.54) is 12.1 Å². The summed E-state index contributed by atoms with van der Waals surface area (Å²) in [5.41, 5.74) is 0.0254. The molecular weight excluding hydrogens is 582 g/mol. The summed E-state index contributed by atoms with van der Waals surface area (Å²) in [5.74, 6) is -0.241. The highest BCUT2D eigenvalue weighted by Crippen LogP contribution is 2.30. The van der Waals surface area contributed by atoms with Gasteiger partial charge < -0.3 is 15.5 Å². The number of carbonyl (C=O) groups is 3. The molecule has 5 N–H and O–H groups in total. The fraction of sp³-hybridized carbons (Fsp3) is 0.536. The van der Waals surface area contributed by atoms with E-state index < -0.39 is 37.5 Å². The lowest BCUT2D eigenvalue weighted by Gasteiger charge is -2.36. The van der Waals surface area contributed by atoms with E-state index in [-0.39, 0.29) is 34.4 Å². The first-order valence-electron chi connectivity index (χ1n) is 13.4. The van der Waals surface area contributed by atoms with Crippen LogP contribution < -0.4 is 20.5 Å². The molecule has 2 aliphatic carbocycles. The predicted octanol–water partition coefficient (Wildman–Crippen LogP) is 1.71. The number of hydrogen-bond acceptors (Lipinski definition) is 8. The van der Waals surface area contributed by atoms with E-state index in [1.807, 2.05) is 20.8 Å². The number of nitrogens with two attached hydrogens (primary N) is 1. The number of anilines is 1. The van der Waals surface area contributed by atoms with Gasteiger partial charge in [0.1, 0.15) is 12.1 Å². The molecule has 0 spiro atoms. The summed E-state index contributed by atoms with van der Waals surface area (Å²) in [5, 5.41) is 11.1. The van der Waals surface area contributed by atoms with Gasteiger partial charge in [0.2, 0.25) is 38.3 Å². The van der Waals surface area contributed by atoms with Crippen molar-refractivity contribution in [2.75, 3.05) is 11.9 Å². The van der Waals surface area contributed by atoms with Crippen molar-refractivity contribution < 1.29 is 31.2 Å². The van der Waals surface area contributed by atoms with Gasteiger partial charge in [-0.15, -0.1) is 26.0 Å². The average Bonchev–Trinajstić information content (AvgIpc) is 3.87. The number of sulfonamides is 2. The normalized spacial score (nSPS) is 18.7. The Balaban J connectivity index is 0.000000569. The molecule has 0 bridgehead atoms. The number of rotatable bonds is 9. The van der Waals surface area contributed by atoms with Crippen molar-refractivity contribution in [2.24, 2.45) is 10.6 Å². The number of nitrogens with zero attached hydrogens (tertiary/aromatic N) is 1. The molecule has 3 aliphatic rings. The summed E-state index contributed by atoms with van der Waals surface area (Å²) >= 11 is 0. The Morgan fingerprint density at radius 2 is 1.67 bits per heavy atom. The quantitative estimate of drug-likeness (QED) is 0.181. The van der Waals surface area contributed by atoms with Crippen molar-refractivity contribution in [3.8, 4) is 12.8 Å². The maximum absolute atomic E-state index is 13.4. The van der Waals surface area contributed by atoms with Crippen LogP contribution in [-0.2, 0) is 34.4 Å². The summed E-state index contributed by atoms with van der Waals surface area (Å²) in [6.07, 6.45) is 13.0. The zero-order valence-corrected chi connectivity index (χ0v) is 26.0. The lowest BCUT2D eigenvalue weighted by Crippen LogP contribution is -2.54. The molecule has 0 aromatic heterocycles.